The van der Waals surface area contributed by atoms with Crippen molar-refractivity contribution in [2.24, 2.45) is 5.92 Å². The smallest absolute Gasteiger partial charge is 0.244 e. The molecule has 1 aromatic heterocycles. The van der Waals surface area contributed by atoms with Gasteiger partial charge in [0.25, 0.3) is 0 Å². The van der Waals surface area contributed by atoms with Crippen molar-refractivity contribution in [1.82, 2.24) is 10.0 Å². The predicted molar refractivity (Wildman–Crippen MR) is 84.7 cm³/mol. The normalized spacial score (nSPS) is 12.2. The number of hydrogen-bond acceptors (Lipinski definition) is 4. The van der Waals surface area contributed by atoms with Gasteiger partial charge in [-0.15, -0.1) is 0 Å². The lowest BCUT2D eigenvalue weighted by atomic mass is 10.1. The number of furan rings is 1. The van der Waals surface area contributed by atoms with E-state index in [1.807, 2.05) is 0 Å². The van der Waals surface area contributed by atoms with Crippen LogP contribution in [0.25, 0.3) is 0 Å². The van der Waals surface area contributed by atoms with Crippen LogP contribution in [0.15, 0.2) is 15.4 Å². The minimum atomic E-state index is -3.47. The van der Waals surface area contributed by atoms with E-state index in [4.69, 9.17) is 4.42 Å². The van der Waals surface area contributed by atoms with Crippen LogP contribution in [0.4, 0.5) is 0 Å². The van der Waals surface area contributed by atoms with Gasteiger partial charge in [0.2, 0.25) is 10.0 Å². The Morgan fingerprint density at radius 3 is 2.62 bits per heavy atom. The molecule has 2 N–H and O–H groups in total. The first-order valence-electron chi connectivity index (χ1n) is 7.66. The van der Waals surface area contributed by atoms with Gasteiger partial charge in [0.15, 0.2) is 0 Å². The average molecular weight is 316 g/mol. The minimum Gasteiger partial charge on any atom is -0.464 e. The van der Waals surface area contributed by atoms with Crippen molar-refractivity contribution in [3.63, 3.8) is 0 Å². The van der Waals surface area contributed by atoms with Crippen molar-refractivity contribution in [3.8, 4) is 0 Å². The second-order valence-corrected chi connectivity index (χ2v) is 7.48. The molecule has 122 valence electrons. The summed E-state index contributed by atoms with van der Waals surface area (Å²) in [6, 6.07) is 1.61. The second-order valence-electron chi connectivity index (χ2n) is 5.74. The molecule has 21 heavy (non-hydrogen) atoms. The first-order chi connectivity index (χ1) is 9.86. The molecular formula is C15H28N2O3S. The molecule has 0 atom stereocenters. The zero-order valence-corrected chi connectivity index (χ0v) is 14.3. The van der Waals surface area contributed by atoms with Gasteiger partial charge in [-0.3, -0.25) is 0 Å². The molecule has 1 aromatic rings. The van der Waals surface area contributed by atoms with E-state index in [2.05, 4.69) is 30.8 Å². The maximum absolute atomic E-state index is 12.2. The monoisotopic (exact) mass is 316 g/mol. The van der Waals surface area contributed by atoms with Crippen LogP contribution in [0.5, 0.6) is 0 Å². The largest absolute Gasteiger partial charge is 0.464 e. The Bertz CT molecular complexity index is 521. The average Bonchev–Trinajstić information content (AvgIpc) is 2.77. The van der Waals surface area contributed by atoms with E-state index in [0.29, 0.717) is 30.5 Å². The van der Waals surface area contributed by atoms with Crippen molar-refractivity contribution in [1.29, 1.82) is 0 Å². The standard InChI is InChI=1S/C15H28N2O3S/c1-5-8-16-11-14-10-15(13(4)20-14)21(18,19)17-9-6-7-12(2)3/h10,12,16-17H,5-9,11H2,1-4H3. The van der Waals surface area contributed by atoms with Crippen LogP contribution in [0.2, 0.25) is 0 Å². The van der Waals surface area contributed by atoms with Gasteiger partial charge in [0.1, 0.15) is 16.4 Å². The van der Waals surface area contributed by atoms with Gasteiger partial charge in [0.05, 0.1) is 6.54 Å². The van der Waals surface area contributed by atoms with Gasteiger partial charge in [-0.05, 0) is 38.6 Å². The molecule has 1 heterocycles. The van der Waals surface area contributed by atoms with Crippen LogP contribution in [0, 0.1) is 12.8 Å². The lowest BCUT2D eigenvalue weighted by Gasteiger charge is -2.06. The number of hydrogen-bond donors (Lipinski definition) is 2. The van der Waals surface area contributed by atoms with E-state index in [1.54, 1.807) is 13.0 Å². The fourth-order valence-corrected chi connectivity index (χ4v) is 3.34. The molecule has 6 heteroatoms. The molecule has 0 fully saturated rings. The van der Waals surface area contributed by atoms with Crippen molar-refractivity contribution >= 4 is 10.0 Å². The summed E-state index contributed by atoms with van der Waals surface area (Å²) in [4.78, 5) is 0.250. The number of rotatable bonds is 10. The molecule has 0 spiro atoms. The molecule has 0 unspecified atom stereocenters. The third kappa shape index (κ3) is 6.20. The lowest BCUT2D eigenvalue weighted by molar-refractivity contribution is 0.457. The Morgan fingerprint density at radius 1 is 1.29 bits per heavy atom. The van der Waals surface area contributed by atoms with Crippen LogP contribution >= 0.6 is 0 Å². The predicted octanol–water partition coefficient (Wildman–Crippen LogP) is 2.80. The maximum Gasteiger partial charge on any atom is 0.244 e. The zero-order valence-electron chi connectivity index (χ0n) is 13.5. The summed E-state index contributed by atoms with van der Waals surface area (Å²) in [5, 5.41) is 3.20. The van der Waals surface area contributed by atoms with Crippen LogP contribution in [-0.2, 0) is 16.6 Å². The van der Waals surface area contributed by atoms with E-state index in [0.717, 1.165) is 25.8 Å². The third-order valence-electron chi connectivity index (χ3n) is 3.19. The summed E-state index contributed by atoms with van der Waals surface area (Å²) >= 11 is 0. The summed E-state index contributed by atoms with van der Waals surface area (Å²) in [6.45, 7) is 9.93. The summed E-state index contributed by atoms with van der Waals surface area (Å²) in [6.07, 6.45) is 2.89. The van der Waals surface area contributed by atoms with E-state index in [1.165, 1.54) is 0 Å². The topological polar surface area (TPSA) is 71.3 Å². The highest BCUT2D eigenvalue weighted by molar-refractivity contribution is 7.89. The maximum atomic E-state index is 12.2. The first-order valence-corrected chi connectivity index (χ1v) is 9.14. The Balaban J connectivity index is 2.61. The molecule has 0 aliphatic carbocycles. The van der Waals surface area contributed by atoms with Crippen molar-refractivity contribution < 1.29 is 12.8 Å². The van der Waals surface area contributed by atoms with Crippen molar-refractivity contribution in [2.75, 3.05) is 13.1 Å². The van der Waals surface area contributed by atoms with Gasteiger partial charge < -0.3 is 9.73 Å². The molecule has 0 bridgehead atoms. The van der Waals surface area contributed by atoms with Crippen molar-refractivity contribution in [3.05, 3.63) is 17.6 Å². The molecule has 0 radical (unpaired) electrons. The Morgan fingerprint density at radius 2 is 2.00 bits per heavy atom. The zero-order chi connectivity index (χ0) is 15.9. The molecule has 0 aromatic carbocycles. The quantitative estimate of drug-likeness (QED) is 0.651. The molecule has 5 nitrogen and oxygen atoms in total. The molecule has 0 saturated heterocycles. The highest BCUT2D eigenvalue weighted by Gasteiger charge is 2.20. The number of aryl methyl sites for hydroxylation is 1. The first kappa shape index (κ1) is 18.2. The molecule has 1 rings (SSSR count). The highest BCUT2D eigenvalue weighted by Crippen LogP contribution is 2.20. The molecular weight excluding hydrogens is 288 g/mol. The fourth-order valence-electron chi connectivity index (χ4n) is 2.06. The van der Waals surface area contributed by atoms with Crippen LogP contribution in [-0.4, -0.2) is 21.5 Å². The van der Waals surface area contributed by atoms with Crippen LogP contribution in [0.1, 0.15) is 51.6 Å². The second kappa shape index (κ2) is 8.56. The Kier molecular flexibility index (Phi) is 7.42. The van der Waals surface area contributed by atoms with Crippen LogP contribution in [0.3, 0.4) is 0 Å². The molecule has 0 saturated carbocycles. The number of sulfonamides is 1. The molecule has 0 aliphatic rings. The van der Waals surface area contributed by atoms with Gasteiger partial charge in [0, 0.05) is 12.6 Å². The van der Waals surface area contributed by atoms with E-state index in [-0.39, 0.29) is 4.90 Å². The van der Waals surface area contributed by atoms with Gasteiger partial charge in [-0.1, -0.05) is 20.8 Å². The highest BCUT2D eigenvalue weighted by atomic mass is 32.2. The Hall–Kier alpha value is -0.850. The van der Waals surface area contributed by atoms with Gasteiger partial charge in [-0.25, -0.2) is 13.1 Å². The van der Waals surface area contributed by atoms with E-state index >= 15 is 0 Å². The van der Waals surface area contributed by atoms with E-state index in [9.17, 15) is 8.42 Å². The summed E-state index contributed by atoms with van der Waals surface area (Å²) in [7, 11) is -3.47. The molecule has 0 aliphatic heterocycles. The number of nitrogens with one attached hydrogen (secondary N) is 2. The van der Waals surface area contributed by atoms with Crippen LogP contribution < -0.4 is 10.0 Å². The SMILES string of the molecule is CCCNCc1cc(S(=O)(=O)NCCCC(C)C)c(C)o1. The van der Waals surface area contributed by atoms with Gasteiger partial charge in [-0.2, -0.15) is 0 Å². The summed E-state index contributed by atoms with van der Waals surface area (Å²) < 4.78 is 32.7. The summed E-state index contributed by atoms with van der Waals surface area (Å²) in [5.41, 5.74) is 0. The third-order valence-corrected chi connectivity index (χ3v) is 4.76. The fraction of sp³-hybridized carbons (Fsp3) is 0.733. The summed E-state index contributed by atoms with van der Waals surface area (Å²) in [5.74, 6) is 1.68. The minimum absolute atomic E-state index is 0.250. The molecule has 0 amide bonds. The lowest BCUT2D eigenvalue weighted by Crippen LogP contribution is -2.25. The van der Waals surface area contributed by atoms with Gasteiger partial charge >= 0.3 is 0 Å². The van der Waals surface area contributed by atoms with Crippen molar-refractivity contribution in [2.45, 2.75) is 58.4 Å². The Labute approximate surface area is 128 Å². The van der Waals surface area contributed by atoms with E-state index < -0.39 is 10.0 Å².